The van der Waals surface area contributed by atoms with Crippen LogP contribution in [-0.2, 0) is 4.74 Å². The van der Waals surface area contributed by atoms with Crippen molar-refractivity contribution >= 4 is 22.9 Å². The van der Waals surface area contributed by atoms with Crippen molar-refractivity contribution in [3.63, 3.8) is 0 Å². The summed E-state index contributed by atoms with van der Waals surface area (Å²) in [7, 11) is 1.74. The molecule has 0 saturated heterocycles. The van der Waals surface area contributed by atoms with Crippen molar-refractivity contribution in [2.24, 2.45) is 5.73 Å². The Bertz CT molecular complexity index is 387. The number of nitrogens with zero attached hydrogens (tertiary/aromatic N) is 1. The van der Waals surface area contributed by atoms with Gasteiger partial charge in [0.25, 0.3) is 0 Å². The topological polar surface area (TPSA) is 38.5 Å². The van der Waals surface area contributed by atoms with E-state index in [1.54, 1.807) is 7.11 Å². The third kappa shape index (κ3) is 3.17. The Morgan fingerprint density at radius 2 is 2.06 bits per heavy atom. The lowest BCUT2D eigenvalue weighted by Crippen LogP contribution is -2.29. The lowest BCUT2D eigenvalue weighted by molar-refractivity contribution is 0.205. The Kier molecular flexibility index (Phi) is 3.97. The third-order valence-corrected chi connectivity index (χ3v) is 3.24. The fourth-order valence-electron chi connectivity index (χ4n) is 1.92. The van der Waals surface area contributed by atoms with Gasteiger partial charge < -0.3 is 15.4 Å². The van der Waals surface area contributed by atoms with E-state index in [1.165, 1.54) is 18.5 Å². The van der Waals surface area contributed by atoms with Crippen molar-refractivity contribution in [1.29, 1.82) is 0 Å². The quantitative estimate of drug-likeness (QED) is 0.783. The van der Waals surface area contributed by atoms with Crippen LogP contribution in [0.5, 0.6) is 0 Å². The maximum Gasteiger partial charge on any atom is 0.103 e. The molecule has 0 amide bonds. The number of hydrogen-bond donors (Lipinski definition) is 1. The first-order valence-corrected chi connectivity index (χ1v) is 6.28. The zero-order valence-corrected chi connectivity index (χ0v) is 10.9. The zero-order valence-electron chi connectivity index (χ0n) is 10.1. The van der Waals surface area contributed by atoms with E-state index in [2.05, 4.69) is 17.0 Å². The highest BCUT2D eigenvalue weighted by atomic mass is 32.1. The van der Waals surface area contributed by atoms with Crippen molar-refractivity contribution in [1.82, 2.24) is 0 Å². The molecule has 0 heterocycles. The molecule has 0 spiro atoms. The lowest BCUT2D eigenvalue weighted by Gasteiger charge is -2.24. The van der Waals surface area contributed by atoms with Gasteiger partial charge in [0.2, 0.25) is 0 Å². The average Bonchev–Trinajstić information content (AvgIpc) is 3.14. The molecule has 1 aromatic rings. The molecular formula is C13H18N2OS. The smallest absolute Gasteiger partial charge is 0.103 e. The summed E-state index contributed by atoms with van der Waals surface area (Å²) in [6, 6.07) is 8.82. The predicted octanol–water partition coefficient (Wildman–Crippen LogP) is 1.94. The molecule has 17 heavy (non-hydrogen) atoms. The largest absolute Gasteiger partial charge is 0.389 e. The van der Waals surface area contributed by atoms with Crippen LogP contribution in [0.25, 0.3) is 0 Å². The highest BCUT2D eigenvalue weighted by molar-refractivity contribution is 7.80. The fourth-order valence-corrected chi connectivity index (χ4v) is 2.05. The second-order valence-corrected chi connectivity index (χ2v) is 4.77. The first-order chi connectivity index (χ1) is 8.22. The highest BCUT2D eigenvalue weighted by Crippen LogP contribution is 2.31. The summed E-state index contributed by atoms with van der Waals surface area (Å²) in [4.78, 5) is 2.85. The second-order valence-electron chi connectivity index (χ2n) is 4.33. The minimum absolute atomic E-state index is 0.450. The van der Waals surface area contributed by atoms with Crippen LogP contribution >= 0.6 is 12.2 Å². The van der Waals surface area contributed by atoms with Gasteiger partial charge in [0.15, 0.2) is 0 Å². The Labute approximate surface area is 108 Å². The molecule has 1 saturated carbocycles. The average molecular weight is 250 g/mol. The monoisotopic (exact) mass is 250 g/mol. The third-order valence-electron chi connectivity index (χ3n) is 3.01. The van der Waals surface area contributed by atoms with Crippen molar-refractivity contribution < 1.29 is 4.74 Å². The molecule has 1 aromatic carbocycles. The predicted molar refractivity (Wildman–Crippen MR) is 74.6 cm³/mol. The van der Waals surface area contributed by atoms with Gasteiger partial charge in [0.1, 0.15) is 4.99 Å². The second kappa shape index (κ2) is 5.47. The fraction of sp³-hybridized carbons (Fsp3) is 0.462. The van der Waals surface area contributed by atoms with Crippen LogP contribution in [0.3, 0.4) is 0 Å². The molecule has 1 aliphatic carbocycles. The van der Waals surface area contributed by atoms with Crippen LogP contribution in [0.4, 0.5) is 5.69 Å². The molecule has 0 radical (unpaired) electrons. The summed E-state index contributed by atoms with van der Waals surface area (Å²) < 4.78 is 5.15. The van der Waals surface area contributed by atoms with Crippen molar-refractivity contribution in [3.8, 4) is 0 Å². The number of methoxy groups -OCH3 is 1. The number of thiocarbonyl (C=S) groups is 1. The number of nitrogens with two attached hydrogens (primary N) is 1. The number of ether oxygens (including phenoxy) is 1. The summed E-state index contributed by atoms with van der Waals surface area (Å²) in [5, 5.41) is 0. The van der Waals surface area contributed by atoms with Gasteiger partial charge in [-0.05, 0) is 37.1 Å². The molecule has 2 rings (SSSR count). The molecular weight excluding hydrogens is 232 g/mol. The van der Waals surface area contributed by atoms with Gasteiger partial charge in [-0.25, -0.2) is 0 Å². The van der Waals surface area contributed by atoms with E-state index >= 15 is 0 Å². The van der Waals surface area contributed by atoms with E-state index in [9.17, 15) is 0 Å². The van der Waals surface area contributed by atoms with Crippen LogP contribution in [0.1, 0.15) is 18.4 Å². The van der Waals surface area contributed by atoms with Crippen LogP contribution in [0, 0.1) is 0 Å². The highest BCUT2D eigenvalue weighted by Gasteiger charge is 2.28. The van der Waals surface area contributed by atoms with Gasteiger partial charge in [0.05, 0.1) is 6.61 Å². The zero-order chi connectivity index (χ0) is 12.3. The number of benzene rings is 1. The van der Waals surface area contributed by atoms with Gasteiger partial charge in [0, 0.05) is 30.9 Å². The molecule has 3 nitrogen and oxygen atoms in total. The van der Waals surface area contributed by atoms with Gasteiger partial charge >= 0.3 is 0 Å². The van der Waals surface area contributed by atoms with Gasteiger partial charge in [-0.1, -0.05) is 12.2 Å². The lowest BCUT2D eigenvalue weighted by atomic mass is 10.2. The minimum Gasteiger partial charge on any atom is -0.389 e. The SMILES string of the molecule is COCCN(c1ccc(C(N)=S)cc1)C1CC1. The van der Waals surface area contributed by atoms with Gasteiger partial charge in [-0.15, -0.1) is 0 Å². The van der Waals surface area contributed by atoms with Crippen molar-refractivity contribution in [2.75, 3.05) is 25.2 Å². The molecule has 0 aromatic heterocycles. The van der Waals surface area contributed by atoms with Gasteiger partial charge in [-0.3, -0.25) is 0 Å². The van der Waals surface area contributed by atoms with Crippen molar-refractivity contribution in [3.05, 3.63) is 29.8 Å². The van der Waals surface area contributed by atoms with E-state index in [0.717, 1.165) is 18.7 Å². The van der Waals surface area contributed by atoms with Crippen molar-refractivity contribution in [2.45, 2.75) is 18.9 Å². The molecule has 4 heteroatoms. The number of anilines is 1. The van der Waals surface area contributed by atoms with Gasteiger partial charge in [-0.2, -0.15) is 0 Å². The summed E-state index contributed by atoms with van der Waals surface area (Å²) in [5.74, 6) is 0. The van der Waals surface area contributed by atoms with Crippen LogP contribution in [0.15, 0.2) is 24.3 Å². The van der Waals surface area contributed by atoms with E-state index in [1.807, 2.05) is 12.1 Å². The number of hydrogen-bond acceptors (Lipinski definition) is 3. The molecule has 1 aliphatic rings. The molecule has 92 valence electrons. The summed E-state index contributed by atoms with van der Waals surface area (Å²) in [6.45, 7) is 1.70. The molecule has 0 unspecified atom stereocenters. The van der Waals surface area contributed by atoms with E-state index < -0.39 is 0 Å². The molecule has 1 fully saturated rings. The minimum atomic E-state index is 0.450. The first kappa shape index (κ1) is 12.3. The Morgan fingerprint density at radius 1 is 1.41 bits per heavy atom. The maximum absolute atomic E-state index is 5.59. The Balaban J connectivity index is 2.09. The standard InChI is InChI=1S/C13H18N2OS/c1-16-9-8-15(12-6-7-12)11-4-2-10(3-5-11)13(14)17/h2-5,12H,6-9H2,1H3,(H2,14,17). The Hall–Kier alpha value is -1.13. The van der Waals surface area contributed by atoms with E-state index in [4.69, 9.17) is 22.7 Å². The molecule has 0 bridgehead atoms. The summed E-state index contributed by atoms with van der Waals surface area (Å²) in [6.07, 6.45) is 2.56. The number of rotatable bonds is 6. The van der Waals surface area contributed by atoms with E-state index in [-0.39, 0.29) is 0 Å². The van der Waals surface area contributed by atoms with E-state index in [0.29, 0.717) is 11.0 Å². The summed E-state index contributed by atoms with van der Waals surface area (Å²) in [5.41, 5.74) is 7.74. The maximum atomic E-state index is 5.59. The van der Waals surface area contributed by atoms with Crippen LogP contribution < -0.4 is 10.6 Å². The normalized spacial score (nSPS) is 14.6. The molecule has 0 aliphatic heterocycles. The first-order valence-electron chi connectivity index (χ1n) is 5.88. The summed E-state index contributed by atoms with van der Waals surface area (Å²) >= 11 is 4.95. The van der Waals surface area contributed by atoms with Crippen LogP contribution in [0.2, 0.25) is 0 Å². The molecule has 2 N–H and O–H groups in total. The Morgan fingerprint density at radius 3 is 2.53 bits per heavy atom. The molecule has 0 atom stereocenters. The van der Waals surface area contributed by atoms with Crippen LogP contribution in [-0.4, -0.2) is 31.3 Å².